The minimum atomic E-state index is -4.22. The fourth-order valence-corrected chi connectivity index (χ4v) is 2.39. The molecule has 20 heavy (non-hydrogen) atoms. The van der Waals surface area contributed by atoms with Crippen LogP contribution in [0.3, 0.4) is 0 Å². The Morgan fingerprint density at radius 1 is 1.50 bits per heavy atom. The molecule has 0 saturated heterocycles. The molecule has 1 aromatic rings. The third-order valence-electron chi connectivity index (χ3n) is 2.49. The van der Waals surface area contributed by atoms with Crippen molar-refractivity contribution in [1.29, 1.82) is 0 Å². The average molecular weight is 305 g/mol. The molecule has 110 valence electrons. The number of halogens is 1. The van der Waals surface area contributed by atoms with Gasteiger partial charge in [0.2, 0.25) is 10.0 Å². The predicted octanol–water partition coefficient (Wildman–Crippen LogP) is 0.250. The van der Waals surface area contributed by atoms with E-state index in [1.54, 1.807) is 0 Å². The van der Waals surface area contributed by atoms with Crippen LogP contribution in [0.5, 0.6) is 0 Å². The van der Waals surface area contributed by atoms with E-state index in [1.807, 2.05) is 0 Å². The normalized spacial score (nSPS) is 11.2. The van der Waals surface area contributed by atoms with Crippen LogP contribution in [-0.2, 0) is 10.0 Å². The topological polar surface area (TPSA) is 132 Å². The summed E-state index contributed by atoms with van der Waals surface area (Å²) in [7, 11) is -4.22. The average Bonchev–Trinajstić information content (AvgIpc) is 2.34. The number of nitrogens with one attached hydrogen (secondary N) is 1. The molecule has 1 amide bonds. The van der Waals surface area contributed by atoms with Crippen molar-refractivity contribution in [3.8, 4) is 0 Å². The predicted molar refractivity (Wildman–Crippen MR) is 67.5 cm³/mol. The van der Waals surface area contributed by atoms with Crippen molar-refractivity contribution in [1.82, 2.24) is 5.32 Å². The van der Waals surface area contributed by atoms with Crippen LogP contribution in [0.15, 0.2) is 17.0 Å². The fraction of sp³-hybridized carbons (Fsp3) is 0.300. The molecule has 0 heterocycles. The number of nitro benzene ring substituents is 1. The molecule has 8 nitrogen and oxygen atoms in total. The summed E-state index contributed by atoms with van der Waals surface area (Å²) in [4.78, 5) is 21.1. The van der Waals surface area contributed by atoms with Gasteiger partial charge in [-0.15, -0.1) is 0 Å². The summed E-state index contributed by atoms with van der Waals surface area (Å²) in [6.07, 6.45) is 0. The van der Waals surface area contributed by atoms with Crippen molar-refractivity contribution in [3.05, 3.63) is 33.4 Å². The van der Waals surface area contributed by atoms with E-state index in [2.05, 4.69) is 5.32 Å². The third kappa shape index (κ3) is 3.48. The van der Waals surface area contributed by atoms with Crippen LogP contribution in [0.4, 0.5) is 10.1 Å². The summed E-state index contributed by atoms with van der Waals surface area (Å²) >= 11 is 0. The van der Waals surface area contributed by atoms with Gasteiger partial charge in [0.05, 0.1) is 15.4 Å². The maximum Gasteiger partial charge on any atom is 0.271 e. The van der Waals surface area contributed by atoms with Crippen LogP contribution < -0.4 is 10.5 Å². The third-order valence-corrected chi connectivity index (χ3v) is 3.52. The van der Waals surface area contributed by atoms with Crippen molar-refractivity contribution in [3.63, 3.8) is 0 Å². The number of non-ortho nitro benzene ring substituents is 1. The molecule has 10 heteroatoms. The lowest BCUT2D eigenvalue weighted by Gasteiger charge is -2.10. The largest absolute Gasteiger partial charge is 0.349 e. The fourth-order valence-electron chi connectivity index (χ4n) is 1.57. The number of nitrogens with zero attached hydrogens (tertiary/aromatic N) is 1. The van der Waals surface area contributed by atoms with Gasteiger partial charge in [-0.2, -0.15) is 0 Å². The van der Waals surface area contributed by atoms with Crippen LogP contribution >= 0.6 is 0 Å². The molecule has 1 rings (SSSR count). The number of carbonyl (C=O) groups excluding carboxylic acids is 1. The first-order valence-corrected chi connectivity index (χ1v) is 6.89. The highest BCUT2D eigenvalue weighted by Crippen LogP contribution is 2.25. The van der Waals surface area contributed by atoms with Gasteiger partial charge in [-0.3, -0.25) is 14.9 Å². The Labute approximate surface area is 114 Å². The standard InChI is InChI=1S/C10H12FN3O5S/c1-6-8(10(15)13-3-2-11)4-7(14(16)17)5-9(6)20(12,18)19/h4-5H,2-3H2,1H3,(H,13,15)(H2,12,18,19). The number of sulfonamides is 1. The number of benzene rings is 1. The smallest absolute Gasteiger partial charge is 0.271 e. The van der Waals surface area contributed by atoms with Crippen LogP contribution in [0, 0.1) is 17.0 Å². The van der Waals surface area contributed by atoms with E-state index in [-0.39, 0.29) is 17.7 Å². The molecule has 0 aromatic heterocycles. The molecule has 1 aromatic carbocycles. The summed E-state index contributed by atoms with van der Waals surface area (Å²) in [6.45, 7) is 0.182. The van der Waals surface area contributed by atoms with E-state index in [9.17, 15) is 27.7 Å². The Morgan fingerprint density at radius 2 is 2.10 bits per heavy atom. The van der Waals surface area contributed by atoms with Gasteiger partial charge in [-0.05, 0) is 12.5 Å². The Morgan fingerprint density at radius 3 is 2.55 bits per heavy atom. The van der Waals surface area contributed by atoms with Crippen molar-refractivity contribution < 1.29 is 22.5 Å². The molecule has 0 fully saturated rings. The van der Waals surface area contributed by atoms with E-state index in [0.29, 0.717) is 0 Å². The quantitative estimate of drug-likeness (QED) is 0.594. The second-order valence-electron chi connectivity index (χ2n) is 3.86. The lowest BCUT2D eigenvalue weighted by Crippen LogP contribution is -2.27. The lowest BCUT2D eigenvalue weighted by atomic mass is 10.1. The molecular weight excluding hydrogens is 293 g/mol. The number of amides is 1. The highest BCUT2D eigenvalue weighted by Gasteiger charge is 2.23. The first kappa shape index (κ1) is 16.0. The van der Waals surface area contributed by atoms with Crippen LogP contribution in [0.1, 0.15) is 15.9 Å². The molecule has 0 saturated carbocycles. The molecule has 3 N–H and O–H groups in total. The Kier molecular flexibility index (Phi) is 4.73. The van der Waals surface area contributed by atoms with Gasteiger partial charge in [-0.25, -0.2) is 17.9 Å². The number of nitrogens with two attached hydrogens (primary N) is 1. The Balaban J connectivity index is 3.47. The van der Waals surface area contributed by atoms with Gasteiger partial charge in [0.1, 0.15) is 6.67 Å². The second-order valence-corrected chi connectivity index (χ2v) is 5.39. The first-order chi connectivity index (χ1) is 9.18. The zero-order chi connectivity index (χ0) is 15.5. The zero-order valence-electron chi connectivity index (χ0n) is 10.4. The van der Waals surface area contributed by atoms with Gasteiger partial charge in [0, 0.05) is 18.7 Å². The van der Waals surface area contributed by atoms with E-state index < -0.39 is 38.1 Å². The number of alkyl halides is 1. The number of nitro groups is 1. The number of hydrogen-bond donors (Lipinski definition) is 2. The van der Waals surface area contributed by atoms with Gasteiger partial charge in [0.25, 0.3) is 11.6 Å². The Hall–Kier alpha value is -2.07. The molecule has 0 aliphatic carbocycles. The molecule has 0 unspecified atom stereocenters. The summed E-state index contributed by atoms with van der Waals surface area (Å²) in [5, 5.41) is 17.9. The van der Waals surface area contributed by atoms with Gasteiger partial charge in [-0.1, -0.05) is 0 Å². The zero-order valence-corrected chi connectivity index (χ0v) is 11.2. The molecule has 0 bridgehead atoms. The lowest BCUT2D eigenvalue weighted by molar-refractivity contribution is -0.385. The summed E-state index contributed by atoms with van der Waals surface area (Å²) in [6, 6.07) is 1.69. The number of primary sulfonamides is 1. The van der Waals surface area contributed by atoms with Crippen molar-refractivity contribution >= 4 is 21.6 Å². The molecule has 0 aliphatic heterocycles. The minimum absolute atomic E-state index is 0.0329. The summed E-state index contributed by atoms with van der Waals surface area (Å²) in [5.41, 5.74) is -0.865. The van der Waals surface area contributed by atoms with E-state index in [1.165, 1.54) is 6.92 Å². The van der Waals surface area contributed by atoms with Gasteiger partial charge in [0.15, 0.2) is 0 Å². The van der Waals surface area contributed by atoms with E-state index in [4.69, 9.17) is 5.14 Å². The van der Waals surface area contributed by atoms with Gasteiger partial charge >= 0.3 is 0 Å². The number of hydrogen-bond acceptors (Lipinski definition) is 5. The number of carbonyl (C=O) groups is 1. The van der Waals surface area contributed by atoms with E-state index in [0.717, 1.165) is 12.1 Å². The van der Waals surface area contributed by atoms with E-state index >= 15 is 0 Å². The summed E-state index contributed by atoms with van der Waals surface area (Å²) in [5.74, 6) is -0.811. The van der Waals surface area contributed by atoms with Crippen LogP contribution in [0.25, 0.3) is 0 Å². The van der Waals surface area contributed by atoms with Crippen molar-refractivity contribution in [2.45, 2.75) is 11.8 Å². The maximum atomic E-state index is 12.0. The monoisotopic (exact) mass is 305 g/mol. The summed E-state index contributed by atoms with van der Waals surface area (Å²) < 4.78 is 34.8. The minimum Gasteiger partial charge on any atom is -0.349 e. The highest BCUT2D eigenvalue weighted by molar-refractivity contribution is 7.89. The molecule has 0 spiro atoms. The molecule has 0 radical (unpaired) electrons. The first-order valence-electron chi connectivity index (χ1n) is 5.34. The van der Waals surface area contributed by atoms with Crippen molar-refractivity contribution in [2.24, 2.45) is 5.14 Å². The molecule has 0 aliphatic rings. The molecular formula is C10H12FN3O5S. The Bertz CT molecular complexity index is 659. The van der Waals surface area contributed by atoms with Crippen LogP contribution in [-0.4, -0.2) is 32.5 Å². The molecule has 0 atom stereocenters. The number of rotatable bonds is 5. The highest BCUT2D eigenvalue weighted by atomic mass is 32.2. The van der Waals surface area contributed by atoms with Gasteiger partial charge < -0.3 is 5.32 Å². The van der Waals surface area contributed by atoms with Crippen molar-refractivity contribution in [2.75, 3.05) is 13.2 Å². The second kappa shape index (κ2) is 5.92. The van der Waals surface area contributed by atoms with Crippen LogP contribution in [0.2, 0.25) is 0 Å². The maximum absolute atomic E-state index is 12.0. The SMILES string of the molecule is Cc1c(C(=O)NCCF)cc([N+](=O)[O-])cc1S(N)(=O)=O.